The van der Waals surface area contributed by atoms with Gasteiger partial charge in [0, 0.05) is 36.5 Å². The minimum Gasteiger partial charge on any atom is -0.436 e. The number of benzene rings is 1. The Balaban J connectivity index is 1.41. The van der Waals surface area contributed by atoms with Gasteiger partial charge in [0.25, 0.3) is 5.91 Å². The maximum atomic E-state index is 14.6. The highest BCUT2D eigenvalue weighted by atomic mass is 19.1. The molecule has 0 aliphatic heterocycles. The Morgan fingerprint density at radius 3 is 2.66 bits per heavy atom. The van der Waals surface area contributed by atoms with E-state index < -0.39 is 11.7 Å². The molecule has 0 saturated heterocycles. The van der Waals surface area contributed by atoms with Gasteiger partial charge in [-0.3, -0.25) is 14.0 Å². The normalized spacial score (nSPS) is 13.3. The third-order valence-electron chi connectivity index (χ3n) is 5.14. The van der Waals surface area contributed by atoms with Crippen LogP contribution in [0.1, 0.15) is 35.0 Å². The maximum absolute atomic E-state index is 14.6. The fourth-order valence-electron chi connectivity index (χ4n) is 3.40. The van der Waals surface area contributed by atoms with E-state index in [9.17, 15) is 14.0 Å². The zero-order valence-electron chi connectivity index (χ0n) is 17.3. The zero-order valence-corrected chi connectivity index (χ0v) is 17.3. The largest absolute Gasteiger partial charge is 0.436 e. The lowest BCUT2D eigenvalue weighted by Gasteiger charge is -2.06. The summed E-state index contributed by atoms with van der Waals surface area (Å²) in [7, 11) is 0. The smallest absolute Gasteiger partial charge is 0.293 e. The third kappa shape index (κ3) is 3.82. The molecule has 0 atom stereocenters. The van der Waals surface area contributed by atoms with Gasteiger partial charge in [-0.25, -0.2) is 19.3 Å². The standard InChI is InChI=1S/C22H19FN6O3/c1-11-19(32-12(2)25-11)21(31)26-14-5-6-17(23)16(7-14)18-10-29-9-15(8-24-22(29)28-18)27-20(30)13-3-4-13/h5-10,13H,3-4H2,1-2H3,(H,26,31)(H,27,30). The highest BCUT2D eigenvalue weighted by Gasteiger charge is 2.29. The van der Waals surface area contributed by atoms with Gasteiger partial charge in [0.1, 0.15) is 5.82 Å². The van der Waals surface area contributed by atoms with Gasteiger partial charge in [0.15, 0.2) is 5.89 Å². The van der Waals surface area contributed by atoms with Crippen LogP contribution in [0.4, 0.5) is 15.8 Å². The Morgan fingerprint density at radius 1 is 1.12 bits per heavy atom. The van der Waals surface area contributed by atoms with Gasteiger partial charge in [0.2, 0.25) is 17.4 Å². The molecule has 0 radical (unpaired) electrons. The summed E-state index contributed by atoms with van der Waals surface area (Å²) < 4.78 is 21.5. The summed E-state index contributed by atoms with van der Waals surface area (Å²) >= 11 is 0. The number of fused-ring (bicyclic) bond motifs is 1. The number of hydrogen-bond donors (Lipinski definition) is 2. The molecule has 1 saturated carbocycles. The van der Waals surface area contributed by atoms with Crippen molar-refractivity contribution in [3.8, 4) is 11.3 Å². The third-order valence-corrected chi connectivity index (χ3v) is 5.14. The van der Waals surface area contributed by atoms with Crippen molar-refractivity contribution in [2.24, 2.45) is 5.92 Å². The molecule has 3 aromatic heterocycles. The number of aromatic nitrogens is 4. The van der Waals surface area contributed by atoms with Crippen LogP contribution in [0.3, 0.4) is 0 Å². The number of halogens is 1. The number of rotatable bonds is 5. The van der Waals surface area contributed by atoms with Crippen molar-refractivity contribution >= 4 is 29.0 Å². The number of anilines is 2. The summed E-state index contributed by atoms with van der Waals surface area (Å²) in [6.45, 7) is 3.33. The number of carbonyl (C=O) groups excluding carboxylic acids is 2. The van der Waals surface area contributed by atoms with Crippen molar-refractivity contribution in [1.82, 2.24) is 19.4 Å². The van der Waals surface area contributed by atoms with Crippen molar-refractivity contribution in [2.45, 2.75) is 26.7 Å². The van der Waals surface area contributed by atoms with Crippen LogP contribution in [0.25, 0.3) is 17.0 Å². The summed E-state index contributed by atoms with van der Waals surface area (Å²) in [6, 6.07) is 4.19. The Bertz CT molecular complexity index is 1370. The summed E-state index contributed by atoms with van der Waals surface area (Å²) in [5.41, 5.74) is 1.92. The topological polar surface area (TPSA) is 114 Å². The number of imidazole rings is 1. The van der Waals surface area contributed by atoms with E-state index in [-0.39, 0.29) is 23.1 Å². The number of amides is 2. The van der Waals surface area contributed by atoms with Crippen LogP contribution in [0.15, 0.2) is 41.2 Å². The summed E-state index contributed by atoms with van der Waals surface area (Å²) in [4.78, 5) is 37.2. The number of aryl methyl sites for hydroxylation is 2. The second-order valence-electron chi connectivity index (χ2n) is 7.74. The van der Waals surface area contributed by atoms with Gasteiger partial charge in [-0.1, -0.05) is 0 Å². The van der Waals surface area contributed by atoms with Crippen LogP contribution < -0.4 is 10.6 Å². The molecule has 4 aromatic rings. The quantitative estimate of drug-likeness (QED) is 0.495. The van der Waals surface area contributed by atoms with Crippen LogP contribution in [-0.4, -0.2) is 31.2 Å². The Hall–Kier alpha value is -4.08. The lowest BCUT2D eigenvalue weighted by molar-refractivity contribution is -0.117. The average molecular weight is 434 g/mol. The van der Waals surface area contributed by atoms with E-state index in [1.807, 2.05) is 0 Å². The molecular formula is C22H19FN6O3. The number of carbonyl (C=O) groups is 2. The molecule has 0 spiro atoms. The zero-order chi connectivity index (χ0) is 22.4. The summed E-state index contributed by atoms with van der Waals surface area (Å²) in [5, 5.41) is 5.52. The van der Waals surface area contributed by atoms with Crippen molar-refractivity contribution in [1.29, 1.82) is 0 Å². The van der Waals surface area contributed by atoms with Crippen molar-refractivity contribution < 1.29 is 18.4 Å². The fraction of sp³-hybridized carbons (Fsp3) is 0.227. The van der Waals surface area contributed by atoms with E-state index in [1.165, 1.54) is 24.4 Å². The predicted molar refractivity (Wildman–Crippen MR) is 114 cm³/mol. The molecule has 1 aliphatic rings. The Kier molecular flexibility index (Phi) is 4.69. The number of hydrogen-bond acceptors (Lipinski definition) is 6. The van der Waals surface area contributed by atoms with Gasteiger partial charge in [0.05, 0.1) is 23.3 Å². The molecule has 1 aliphatic carbocycles. The van der Waals surface area contributed by atoms with E-state index in [0.717, 1.165) is 12.8 Å². The molecular weight excluding hydrogens is 415 g/mol. The second kappa shape index (κ2) is 7.56. The van der Waals surface area contributed by atoms with Gasteiger partial charge in [-0.2, -0.15) is 0 Å². The van der Waals surface area contributed by atoms with Gasteiger partial charge >= 0.3 is 0 Å². The van der Waals surface area contributed by atoms with E-state index in [1.54, 1.807) is 30.6 Å². The summed E-state index contributed by atoms with van der Waals surface area (Å²) in [6.07, 6.45) is 6.61. The molecule has 162 valence electrons. The lowest BCUT2D eigenvalue weighted by atomic mass is 10.1. The first kappa shape index (κ1) is 19.9. The van der Waals surface area contributed by atoms with Gasteiger partial charge in [-0.15, -0.1) is 0 Å². The Labute approximate surface area is 181 Å². The molecule has 9 nitrogen and oxygen atoms in total. The fourth-order valence-corrected chi connectivity index (χ4v) is 3.40. The highest BCUT2D eigenvalue weighted by molar-refractivity contribution is 6.03. The molecule has 0 unspecified atom stereocenters. The first-order valence-corrected chi connectivity index (χ1v) is 10.1. The van der Waals surface area contributed by atoms with E-state index in [4.69, 9.17) is 4.42 Å². The van der Waals surface area contributed by atoms with Crippen LogP contribution in [0.2, 0.25) is 0 Å². The minimum absolute atomic E-state index is 0.0295. The number of nitrogens with one attached hydrogen (secondary N) is 2. The maximum Gasteiger partial charge on any atom is 0.293 e. The molecule has 10 heteroatoms. The molecule has 3 heterocycles. The Morgan fingerprint density at radius 2 is 1.94 bits per heavy atom. The minimum atomic E-state index is -0.500. The molecule has 1 aromatic carbocycles. The molecule has 5 rings (SSSR count). The molecule has 0 bridgehead atoms. The van der Waals surface area contributed by atoms with Crippen LogP contribution in [0.5, 0.6) is 0 Å². The number of nitrogens with zero attached hydrogens (tertiary/aromatic N) is 4. The summed E-state index contributed by atoms with van der Waals surface area (Å²) in [5.74, 6) is -0.0953. The van der Waals surface area contributed by atoms with Gasteiger partial charge < -0.3 is 15.1 Å². The van der Waals surface area contributed by atoms with Crippen molar-refractivity contribution in [2.75, 3.05) is 10.6 Å². The van der Waals surface area contributed by atoms with E-state index in [0.29, 0.717) is 34.4 Å². The average Bonchev–Trinajstić information content (AvgIpc) is 3.44. The van der Waals surface area contributed by atoms with Crippen molar-refractivity contribution in [3.63, 3.8) is 0 Å². The molecule has 2 N–H and O–H groups in total. The predicted octanol–water partition coefficient (Wildman–Crippen LogP) is 3.74. The SMILES string of the molecule is Cc1nc(C)c(C(=O)Nc2ccc(F)c(-c3cn4cc(NC(=O)C5CC5)cnc4n3)c2)o1. The first-order chi connectivity index (χ1) is 15.4. The molecule has 1 fully saturated rings. The number of oxazole rings is 1. The van der Waals surface area contributed by atoms with E-state index >= 15 is 0 Å². The van der Waals surface area contributed by atoms with Crippen LogP contribution >= 0.6 is 0 Å². The highest BCUT2D eigenvalue weighted by Crippen LogP contribution is 2.30. The van der Waals surface area contributed by atoms with Crippen LogP contribution in [-0.2, 0) is 4.79 Å². The van der Waals surface area contributed by atoms with Crippen LogP contribution in [0, 0.1) is 25.6 Å². The lowest BCUT2D eigenvalue weighted by Crippen LogP contribution is -2.13. The van der Waals surface area contributed by atoms with E-state index in [2.05, 4.69) is 25.6 Å². The molecule has 32 heavy (non-hydrogen) atoms. The van der Waals surface area contributed by atoms with Gasteiger partial charge in [-0.05, 0) is 38.0 Å². The van der Waals surface area contributed by atoms with Crippen molar-refractivity contribution in [3.05, 3.63) is 60.0 Å². The first-order valence-electron chi connectivity index (χ1n) is 10.1. The second-order valence-corrected chi connectivity index (χ2v) is 7.74. The monoisotopic (exact) mass is 434 g/mol. The molecule has 2 amide bonds.